The second-order valence-corrected chi connectivity index (χ2v) is 5.41. The molecule has 104 valence electrons. The van der Waals surface area contributed by atoms with Crippen molar-refractivity contribution < 1.29 is 14.3 Å². The van der Waals surface area contributed by atoms with Crippen molar-refractivity contribution in [2.75, 3.05) is 13.1 Å². The molecule has 0 spiro atoms. The minimum Gasteiger partial charge on any atom is -0.444 e. The number of rotatable bonds is 2. The molecule has 1 N–H and O–H groups in total. The summed E-state index contributed by atoms with van der Waals surface area (Å²) in [5.74, 6) is 1.83. The molecule has 6 heteroatoms. The van der Waals surface area contributed by atoms with Gasteiger partial charge in [-0.1, -0.05) is 0 Å². The molecule has 0 aromatic rings. The first-order chi connectivity index (χ1) is 8.87. The Bertz CT molecular complexity index is 427. The van der Waals surface area contributed by atoms with Crippen LogP contribution >= 0.6 is 0 Å². The van der Waals surface area contributed by atoms with Gasteiger partial charge in [-0.2, -0.15) is 5.26 Å². The maximum Gasteiger partial charge on any atom is 0.408 e. The number of nitriles is 1. The van der Waals surface area contributed by atoms with Crippen LogP contribution in [-0.2, 0) is 9.53 Å². The number of alkyl carbamates (subject to hydrolysis) is 1. The lowest BCUT2D eigenvalue weighted by Gasteiger charge is -2.33. The largest absolute Gasteiger partial charge is 0.444 e. The SMILES string of the molecule is CC(C)(C)OC(=O)N[C@@H]1CCCN(CC#N)C1=C=O. The van der Waals surface area contributed by atoms with E-state index in [0.717, 1.165) is 6.42 Å². The van der Waals surface area contributed by atoms with Gasteiger partial charge in [0.05, 0.1) is 12.1 Å². The van der Waals surface area contributed by atoms with Crippen molar-refractivity contribution >= 4 is 12.0 Å². The summed E-state index contributed by atoms with van der Waals surface area (Å²) in [6.07, 6.45) is 0.878. The zero-order chi connectivity index (χ0) is 14.5. The van der Waals surface area contributed by atoms with Gasteiger partial charge in [0.15, 0.2) is 0 Å². The van der Waals surface area contributed by atoms with E-state index in [-0.39, 0.29) is 6.54 Å². The first kappa shape index (κ1) is 15.1. The molecule has 1 amide bonds. The number of carbonyl (C=O) groups is 1. The van der Waals surface area contributed by atoms with Gasteiger partial charge in [-0.25, -0.2) is 9.59 Å². The lowest BCUT2D eigenvalue weighted by atomic mass is 10.0. The minimum absolute atomic E-state index is 0.122. The molecule has 1 saturated heterocycles. The molecule has 19 heavy (non-hydrogen) atoms. The molecular weight excluding hydrogens is 246 g/mol. The van der Waals surface area contributed by atoms with E-state index in [9.17, 15) is 9.59 Å². The van der Waals surface area contributed by atoms with Crippen LogP contribution in [0.2, 0.25) is 0 Å². The lowest BCUT2D eigenvalue weighted by Crippen LogP contribution is -2.47. The second-order valence-electron chi connectivity index (χ2n) is 5.41. The molecule has 1 heterocycles. The minimum atomic E-state index is -0.587. The Balaban J connectivity index is 2.69. The summed E-state index contributed by atoms with van der Waals surface area (Å²) >= 11 is 0. The van der Waals surface area contributed by atoms with Gasteiger partial charge in [0, 0.05) is 6.54 Å². The van der Waals surface area contributed by atoms with Crippen molar-refractivity contribution in [3.05, 3.63) is 5.70 Å². The highest BCUT2D eigenvalue weighted by atomic mass is 16.6. The Labute approximate surface area is 113 Å². The molecule has 1 atom stereocenters. The maximum absolute atomic E-state index is 11.7. The number of hydrogen-bond acceptors (Lipinski definition) is 5. The smallest absolute Gasteiger partial charge is 0.408 e. The third-order valence-electron chi connectivity index (χ3n) is 2.65. The summed E-state index contributed by atoms with van der Waals surface area (Å²) in [6.45, 7) is 6.06. The first-order valence-corrected chi connectivity index (χ1v) is 6.24. The van der Waals surface area contributed by atoms with Crippen molar-refractivity contribution in [1.29, 1.82) is 5.26 Å². The van der Waals surface area contributed by atoms with Gasteiger partial charge in [-0.15, -0.1) is 0 Å². The van der Waals surface area contributed by atoms with E-state index in [2.05, 4.69) is 5.32 Å². The third kappa shape index (κ3) is 4.65. The van der Waals surface area contributed by atoms with Crippen LogP contribution in [0.3, 0.4) is 0 Å². The number of amides is 1. The first-order valence-electron chi connectivity index (χ1n) is 6.24. The van der Waals surface area contributed by atoms with E-state index in [1.807, 2.05) is 12.0 Å². The molecule has 1 aliphatic rings. The van der Waals surface area contributed by atoms with Gasteiger partial charge in [0.25, 0.3) is 0 Å². The number of nitrogens with zero attached hydrogens (tertiary/aromatic N) is 2. The quantitative estimate of drug-likeness (QED) is 0.599. The fourth-order valence-electron chi connectivity index (χ4n) is 1.94. The van der Waals surface area contributed by atoms with Crippen LogP contribution in [0.15, 0.2) is 5.70 Å². The fourth-order valence-corrected chi connectivity index (χ4v) is 1.94. The molecule has 0 saturated carbocycles. The van der Waals surface area contributed by atoms with Crippen LogP contribution in [0.4, 0.5) is 4.79 Å². The topological polar surface area (TPSA) is 82.4 Å². The molecule has 0 unspecified atom stereocenters. The van der Waals surface area contributed by atoms with Crippen molar-refractivity contribution in [1.82, 2.24) is 10.2 Å². The third-order valence-corrected chi connectivity index (χ3v) is 2.65. The molecule has 6 nitrogen and oxygen atoms in total. The molecule has 0 bridgehead atoms. The van der Waals surface area contributed by atoms with Crippen LogP contribution in [0.5, 0.6) is 0 Å². The number of carbonyl (C=O) groups excluding carboxylic acids is 2. The monoisotopic (exact) mass is 265 g/mol. The lowest BCUT2D eigenvalue weighted by molar-refractivity contribution is 0.0496. The zero-order valence-corrected chi connectivity index (χ0v) is 11.5. The molecule has 0 radical (unpaired) electrons. The summed E-state index contributed by atoms with van der Waals surface area (Å²) in [7, 11) is 0. The fraction of sp³-hybridized carbons (Fsp3) is 0.692. The molecule has 0 aromatic carbocycles. The predicted octanol–water partition coefficient (Wildman–Crippen LogP) is 1.21. The number of likely N-dealkylation sites (tertiary alicyclic amines) is 1. The van der Waals surface area contributed by atoms with E-state index >= 15 is 0 Å². The van der Waals surface area contributed by atoms with E-state index in [1.54, 1.807) is 25.7 Å². The van der Waals surface area contributed by atoms with Crippen molar-refractivity contribution in [3.63, 3.8) is 0 Å². The second kappa shape index (κ2) is 6.26. The number of ether oxygens (including phenoxy) is 1. The molecule has 1 aliphatic heterocycles. The van der Waals surface area contributed by atoms with Crippen molar-refractivity contribution in [2.24, 2.45) is 0 Å². The summed E-state index contributed by atoms with van der Waals surface area (Å²) in [5.41, 5.74) is -0.269. The summed E-state index contributed by atoms with van der Waals surface area (Å²) in [6, 6.07) is 1.56. The average Bonchev–Trinajstić information content (AvgIpc) is 2.27. The molecule has 1 rings (SSSR count). The number of nitrogens with one attached hydrogen (secondary N) is 1. The van der Waals surface area contributed by atoms with Gasteiger partial charge in [-0.3, -0.25) is 0 Å². The summed E-state index contributed by atoms with van der Waals surface area (Å²) in [5, 5.41) is 11.4. The van der Waals surface area contributed by atoms with Crippen LogP contribution in [-0.4, -0.2) is 41.7 Å². The normalized spacial score (nSPS) is 19.4. The maximum atomic E-state index is 11.7. The molecule has 0 aromatic heterocycles. The Morgan fingerprint density at radius 2 is 2.26 bits per heavy atom. The van der Waals surface area contributed by atoms with Gasteiger partial charge in [0.1, 0.15) is 23.8 Å². The van der Waals surface area contributed by atoms with Gasteiger partial charge in [-0.05, 0) is 33.6 Å². The van der Waals surface area contributed by atoms with E-state index in [0.29, 0.717) is 18.7 Å². The standard InChI is InChI=1S/C13H19N3O3/c1-13(2,3)19-12(18)15-10-5-4-7-16(8-6-14)11(10)9-17/h10H,4-5,7-8H2,1-3H3,(H,15,18)/t10-/m1/s1. The van der Waals surface area contributed by atoms with E-state index in [1.165, 1.54) is 0 Å². The number of piperidine rings is 1. The van der Waals surface area contributed by atoms with Crippen LogP contribution in [0, 0.1) is 11.3 Å². The highest BCUT2D eigenvalue weighted by Gasteiger charge is 2.29. The average molecular weight is 265 g/mol. The number of hydrogen-bond donors (Lipinski definition) is 1. The van der Waals surface area contributed by atoms with E-state index in [4.69, 9.17) is 10.00 Å². The van der Waals surface area contributed by atoms with Crippen molar-refractivity contribution in [2.45, 2.75) is 45.3 Å². The van der Waals surface area contributed by atoms with Gasteiger partial charge >= 0.3 is 6.09 Å². The van der Waals surface area contributed by atoms with Crippen LogP contribution < -0.4 is 5.32 Å². The highest BCUT2D eigenvalue weighted by molar-refractivity contribution is 5.70. The molecule has 1 fully saturated rings. The Hall–Kier alpha value is -1.99. The van der Waals surface area contributed by atoms with Crippen LogP contribution in [0.25, 0.3) is 0 Å². The van der Waals surface area contributed by atoms with Crippen LogP contribution in [0.1, 0.15) is 33.6 Å². The molecule has 0 aliphatic carbocycles. The Kier molecular flexibility index (Phi) is 4.96. The van der Waals surface area contributed by atoms with Gasteiger partial charge < -0.3 is 15.0 Å². The van der Waals surface area contributed by atoms with Crippen molar-refractivity contribution in [3.8, 4) is 6.07 Å². The Morgan fingerprint density at radius 3 is 2.79 bits per heavy atom. The van der Waals surface area contributed by atoms with E-state index < -0.39 is 17.7 Å². The zero-order valence-electron chi connectivity index (χ0n) is 11.5. The van der Waals surface area contributed by atoms with Gasteiger partial charge in [0.2, 0.25) is 0 Å². The predicted molar refractivity (Wildman–Crippen MR) is 68.8 cm³/mol. The highest BCUT2D eigenvalue weighted by Crippen LogP contribution is 2.19. The Morgan fingerprint density at radius 1 is 1.58 bits per heavy atom. The molecular formula is C13H19N3O3. The summed E-state index contributed by atoms with van der Waals surface area (Å²) < 4.78 is 5.15. The summed E-state index contributed by atoms with van der Waals surface area (Å²) in [4.78, 5) is 24.3.